The van der Waals surface area contributed by atoms with Gasteiger partial charge in [0.15, 0.2) is 0 Å². The van der Waals surface area contributed by atoms with Crippen LogP contribution in [0.4, 0.5) is 0 Å². The van der Waals surface area contributed by atoms with E-state index in [1.54, 1.807) is 0 Å². The SMILES string of the molecule is C[C@H](O)C(=O)NCCS(=O)(=O)O. The number of amides is 1. The second-order valence-corrected chi connectivity index (χ2v) is 3.83. The highest BCUT2D eigenvalue weighted by molar-refractivity contribution is 7.85. The largest absolute Gasteiger partial charge is 0.384 e. The van der Waals surface area contributed by atoms with Gasteiger partial charge < -0.3 is 10.4 Å². The topological polar surface area (TPSA) is 104 Å². The first kappa shape index (κ1) is 11.3. The van der Waals surface area contributed by atoms with Crippen molar-refractivity contribution in [3.63, 3.8) is 0 Å². The Morgan fingerprint density at radius 1 is 1.58 bits per heavy atom. The molecule has 0 unspecified atom stereocenters. The standard InChI is InChI=1S/C5H11NO5S/c1-4(7)5(8)6-2-3-12(9,10)11/h4,7H,2-3H2,1H3,(H,6,8)(H,9,10,11)/t4-/m0/s1. The molecule has 0 spiro atoms. The predicted molar refractivity (Wildman–Crippen MR) is 41.1 cm³/mol. The minimum absolute atomic E-state index is 0.206. The molecule has 3 N–H and O–H groups in total. The number of carbonyl (C=O) groups excluding carboxylic acids is 1. The molecule has 0 radical (unpaired) electrons. The number of hydrogen-bond acceptors (Lipinski definition) is 4. The smallest absolute Gasteiger partial charge is 0.266 e. The van der Waals surface area contributed by atoms with Crippen molar-refractivity contribution in [1.82, 2.24) is 5.32 Å². The van der Waals surface area contributed by atoms with E-state index in [4.69, 9.17) is 9.66 Å². The molecule has 0 aliphatic heterocycles. The quantitative estimate of drug-likeness (QED) is 0.469. The fourth-order valence-corrected chi connectivity index (χ4v) is 0.811. The van der Waals surface area contributed by atoms with Crippen LogP contribution < -0.4 is 5.32 Å². The van der Waals surface area contributed by atoms with Crippen LogP contribution in [0.1, 0.15) is 6.92 Å². The monoisotopic (exact) mass is 197 g/mol. The highest BCUT2D eigenvalue weighted by atomic mass is 32.2. The molecule has 0 rings (SSSR count). The number of nitrogens with one attached hydrogen (secondary N) is 1. The average Bonchev–Trinajstić information content (AvgIpc) is 1.84. The Morgan fingerprint density at radius 2 is 2.08 bits per heavy atom. The number of rotatable bonds is 4. The van der Waals surface area contributed by atoms with Crippen LogP contribution in [0.15, 0.2) is 0 Å². The maximum absolute atomic E-state index is 10.6. The Balaban J connectivity index is 3.66. The normalized spacial score (nSPS) is 13.9. The van der Waals surface area contributed by atoms with Crippen LogP contribution in [0.2, 0.25) is 0 Å². The van der Waals surface area contributed by atoms with Crippen LogP contribution in [0.25, 0.3) is 0 Å². The van der Waals surface area contributed by atoms with E-state index in [9.17, 15) is 13.2 Å². The van der Waals surface area contributed by atoms with Gasteiger partial charge in [0.25, 0.3) is 10.1 Å². The summed E-state index contributed by atoms with van der Waals surface area (Å²) in [4.78, 5) is 10.6. The minimum atomic E-state index is -4.04. The molecule has 0 saturated heterocycles. The van der Waals surface area contributed by atoms with Crippen molar-refractivity contribution in [1.29, 1.82) is 0 Å². The Labute approximate surface area is 70.3 Å². The van der Waals surface area contributed by atoms with Crippen LogP contribution in [-0.2, 0) is 14.9 Å². The van der Waals surface area contributed by atoms with Crippen LogP contribution in [0.3, 0.4) is 0 Å². The lowest BCUT2D eigenvalue weighted by atomic mass is 10.4. The van der Waals surface area contributed by atoms with Crippen molar-refractivity contribution >= 4 is 16.0 Å². The van der Waals surface area contributed by atoms with Crippen molar-refractivity contribution in [2.45, 2.75) is 13.0 Å². The summed E-state index contributed by atoms with van der Waals surface area (Å²) < 4.78 is 28.5. The second kappa shape index (κ2) is 4.39. The fourth-order valence-electron chi connectivity index (χ4n) is 0.451. The number of hydrogen-bond donors (Lipinski definition) is 3. The summed E-state index contributed by atoms with van der Waals surface area (Å²) in [5.74, 6) is -1.22. The number of carbonyl (C=O) groups is 1. The molecule has 1 atom stereocenters. The second-order valence-electron chi connectivity index (χ2n) is 2.25. The zero-order valence-electron chi connectivity index (χ0n) is 6.52. The highest BCUT2D eigenvalue weighted by Crippen LogP contribution is 1.81. The van der Waals surface area contributed by atoms with Crippen molar-refractivity contribution in [2.75, 3.05) is 12.3 Å². The summed E-state index contributed by atoms with van der Waals surface area (Å²) in [5.41, 5.74) is 0. The Kier molecular flexibility index (Phi) is 4.15. The van der Waals surface area contributed by atoms with E-state index in [0.717, 1.165) is 0 Å². The third kappa shape index (κ3) is 6.08. The molecule has 7 heteroatoms. The number of aliphatic hydroxyl groups is 1. The van der Waals surface area contributed by atoms with Crippen molar-refractivity contribution < 1.29 is 22.9 Å². The maximum atomic E-state index is 10.6. The summed E-state index contributed by atoms with van der Waals surface area (Å²) >= 11 is 0. The third-order valence-corrected chi connectivity index (χ3v) is 1.76. The molecule has 12 heavy (non-hydrogen) atoms. The van der Waals surface area contributed by atoms with Gasteiger partial charge in [-0.1, -0.05) is 0 Å². The molecule has 0 fully saturated rings. The van der Waals surface area contributed by atoms with Crippen LogP contribution in [0.5, 0.6) is 0 Å². The molecule has 0 aromatic carbocycles. The lowest BCUT2D eigenvalue weighted by Gasteiger charge is -2.04. The molecule has 0 aromatic heterocycles. The summed E-state index contributed by atoms with van der Waals surface area (Å²) in [6.07, 6.45) is -1.17. The van der Waals surface area contributed by atoms with Crippen LogP contribution in [0, 0.1) is 0 Å². The van der Waals surface area contributed by atoms with E-state index >= 15 is 0 Å². The van der Waals surface area contributed by atoms with Crippen molar-refractivity contribution in [3.05, 3.63) is 0 Å². The average molecular weight is 197 g/mol. The summed E-state index contributed by atoms with van der Waals surface area (Å²) in [6, 6.07) is 0. The first-order chi connectivity index (χ1) is 5.33. The third-order valence-electron chi connectivity index (χ3n) is 1.04. The molecule has 0 aliphatic carbocycles. The molecule has 0 aliphatic rings. The fraction of sp³-hybridized carbons (Fsp3) is 0.800. The lowest BCUT2D eigenvalue weighted by Crippen LogP contribution is -2.35. The molecule has 1 amide bonds. The molecule has 0 saturated carbocycles. The van der Waals surface area contributed by atoms with Crippen molar-refractivity contribution in [3.8, 4) is 0 Å². The van der Waals surface area contributed by atoms with E-state index in [2.05, 4.69) is 5.32 Å². The van der Waals surface area contributed by atoms with Gasteiger partial charge in [-0.15, -0.1) is 0 Å². The van der Waals surface area contributed by atoms with E-state index in [1.807, 2.05) is 0 Å². The van der Waals surface area contributed by atoms with Crippen LogP contribution >= 0.6 is 0 Å². The summed E-state index contributed by atoms with van der Waals surface area (Å²) in [7, 11) is -4.04. The Bertz CT molecular complexity index is 245. The number of aliphatic hydroxyl groups excluding tert-OH is 1. The molecule has 0 aromatic rings. The van der Waals surface area contributed by atoms with Crippen LogP contribution in [-0.4, -0.2) is 42.4 Å². The van der Waals surface area contributed by atoms with Gasteiger partial charge >= 0.3 is 0 Å². The highest BCUT2D eigenvalue weighted by Gasteiger charge is 2.09. The van der Waals surface area contributed by atoms with Gasteiger partial charge in [-0.3, -0.25) is 9.35 Å². The maximum Gasteiger partial charge on any atom is 0.266 e. The molecule has 6 nitrogen and oxygen atoms in total. The van der Waals surface area contributed by atoms with Gasteiger partial charge in [-0.25, -0.2) is 0 Å². The summed E-state index contributed by atoms with van der Waals surface area (Å²) in [6.45, 7) is 1.05. The van der Waals surface area contributed by atoms with Gasteiger partial charge in [-0.05, 0) is 6.92 Å². The predicted octanol–water partition coefficient (Wildman–Crippen LogP) is -1.63. The van der Waals surface area contributed by atoms with E-state index in [-0.39, 0.29) is 6.54 Å². The Morgan fingerprint density at radius 3 is 2.42 bits per heavy atom. The molecular weight excluding hydrogens is 186 g/mol. The van der Waals surface area contributed by atoms with Gasteiger partial charge in [0.2, 0.25) is 5.91 Å². The zero-order valence-corrected chi connectivity index (χ0v) is 7.34. The van der Waals surface area contributed by atoms with Crippen molar-refractivity contribution in [2.24, 2.45) is 0 Å². The molecule has 72 valence electrons. The molecular formula is C5H11NO5S. The first-order valence-electron chi connectivity index (χ1n) is 3.24. The van der Waals surface area contributed by atoms with E-state index in [0.29, 0.717) is 0 Å². The first-order valence-corrected chi connectivity index (χ1v) is 4.85. The summed E-state index contributed by atoms with van der Waals surface area (Å²) in [5, 5.41) is 10.7. The molecule has 0 bridgehead atoms. The van der Waals surface area contributed by atoms with Gasteiger partial charge in [-0.2, -0.15) is 8.42 Å². The minimum Gasteiger partial charge on any atom is -0.384 e. The van der Waals surface area contributed by atoms with Gasteiger partial charge in [0.05, 0.1) is 5.75 Å². The van der Waals surface area contributed by atoms with Gasteiger partial charge in [0, 0.05) is 6.54 Å². The van der Waals surface area contributed by atoms with E-state index < -0.39 is 27.9 Å². The van der Waals surface area contributed by atoms with Gasteiger partial charge in [0.1, 0.15) is 6.10 Å². The Hall–Kier alpha value is -0.660. The lowest BCUT2D eigenvalue weighted by molar-refractivity contribution is -0.128. The zero-order chi connectivity index (χ0) is 9.78. The molecule has 0 heterocycles. The van der Waals surface area contributed by atoms with E-state index in [1.165, 1.54) is 6.92 Å².